The van der Waals surface area contributed by atoms with E-state index >= 15 is 0 Å². The molecule has 1 aromatic carbocycles. The molecule has 5 N–H and O–H groups in total. The van der Waals surface area contributed by atoms with E-state index in [1.807, 2.05) is 0 Å². The number of allylic oxidation sites excluding steroid dienone is 3. The van der Waals surface area contributed by atoms with Gasteiger partial charge in [0.25, 0.3) is 0 Å². The molecule has 3 rings (SSSR count). The van der Waals surface area contributed by atoms with Crippen LogP contribution in [-0.2, 0) is 9.53 Å². The molecule has 0 saturated heterocycles. The number of carbonyl (C=O) groups is 2. The largest absolute Gasteiger partial charge is 0.496 e. The zero-order valence-electron chi connectivity index (χ0n) is 17.2. The zero-order valence-corrected chi connectivity index (χ0v) is 17.2. The maximum atomic E-state index is 12.5. The second-order valence-electron chi connectivity index (χ2n) is 6.89. The number of amides is 2. The molecular weight excluding hydrogens is 388 g/mol. The van der Waals surface area contributed by atoms with Crippen molar-refractivity contribution in [3.63, 3.8) is 0 Å². The van der Waals surface area contributed by atoms with Crippen molar-refractivity contribution >= 4 is 17.5 Å². The van der Waals surface area contributed by atoms with Crippen molar-refractivity contribution < 1.29 is 24.3 Å². The van der Waals surface area contributed by atoms with Crippen LogP contribution in [0.25, 0.3) is 0 Å². The van der Waals surface area contributed by atoms with E-state index in [1.165, 1.54) is 19.4 Å². The van der Waals surface area contributed by atoms with Crippen LogP contribution in [0.3, 0.4) is 0 Å². The highest BCUT2D eigenvalue weighted by Crippen LogP contribution is 2.46. The number of ether oxygens (including phenoxy) is 2. The minimum absolute atomic E-state index is 0.138. The van der Waals surface area contributed by atoms with Crippen molar-refractivity contribution in [1.29, 1.82) is 0 Å². The van der Waals surface area contributed by atoms with Crippen molar-refractivity contribution in [1.82, 2.24) is 5.06 Å². The fraction of sp³-hybridized carbons (Fsp3) is 0.286. The number of fused-ring (bicyclic) bond motifs is 1. The van der Waals surface area contributed by atoms with Gasteiger partial charge in [0.15, 0.2) is 0 Å². The molecule has 1 aromatic rings. The van der Waals surface area contributed by atoms with Crippen LogP contribution in [0.2, 0.25) is 0 Å². The first-order valence-electron chi connectivity index (χ1n) is 9.32. The maximum absolute atomic E-state index is 12.5. The Kier molecular flexibility index (Phi) is 5.66. The summed E-state index contributed by atoms with van der Waals surface area (Å²) < 4.78 is 11.2. The SMILES string of the molecule is CCOC1=C2C(=NC(C)=C(C(N)=O)[C@H]2c2ccc(C(N)=O)cc2OC)C(C)=CN1O. The van der Waals surface area contributed by atoms with Gasteiger partial charge in [0.1, 0.15) is 5.75 Å². The third kappa shape index (κ3) is 3.43. The van der Waals surface area contributed by atoms with E-state index in [9.17, 15) is 14.8 Å². The van der Waals surface area contributed by atoms with Gasteiger partial charge in [-0.05, 0) is 38.5 Å². The number of hydrogen-bond donors (Lipinski definition) is 3. The van der Waals surface area contributed by atoms with Crippen LogP contribution < -0.4 is 16.2 Å². The standard InChI is InChI=1S/C21H24N4O5/c1-5-30-21-17-16(13-7-6-12(19(22)26)8-14(13)29-4)15(20(23)27)11(3)24-18(17)10(2)9-25(21)28/h6-9,16,28H,5H2,1-4H3,(H2,22,26)(H2,23,27)/t16-/m1/s1. The smallest absolute Gasteiger partial charge is 0.248 e. The fourth-order valence-electron chi connectivity index (χ4n) is 3.75. The monoisotopic (exact) mass is 412 g/mol. The van der Waals surface area contributed by atoms with Gasteiger partial charge < -0.3 is 20.9 Å². The normalized spacial score (nSPS) is 18.6. The second kappa shape index (κ2) is 8.03. The van der Waals surface area contributed by atoms with Crippen molar-refractivity contribution in [3.8, 4) is 5.75 Å². The Hall–Kier alpha value is -3.59. The molecule has 9 nitrogen and oxygen atoms in total. The molecule has 0 aliphatic carbocycles. The van der Waals surface area contributed by atoms with Gasteiger partial charge in [0, 0.05) is 23.0 Å². The number of rotatable bonds is 6. The van der Waals surface area contributed by atoms with Gasteiger partial charge in [-0.25, -0.2) is 0 Å². The molecule has 0 spiro atoms. The van der Waals surface area contributed by atoms with Crippen molar-refractivity contribution in [2.24, 2.45) is 16.5 Å². The zero-order chi connectivity index (χ0) is 22.2. The Bertz CT molecular complexity index is 1050. The number of carbonyl (C=O) groups excluding carboxylic acids is 2. The lowest BCUT2D eigenvalue weighted by atomic mass is 9.76. The Morgan fingerprint density at radius 2 is 1.93 bits per heavy atom. The molecule has 0 aromatic heterocycles. The molecule has 0 radical (unpaired) electrons. The Morgan fingerprint density at radius 3 is 2.50 bits per heavy atom. The third-order valence-electron chi connectivity index (χ3n) is 5.01. The molecule has 1 atom stereocenters. The molecule has 2 aliphatic heterocycles. The van der Waals surface area contributed by atoms with E-state index < -0.39 is 17.7 Å². The molecule has 2 amide bonds. The predicted molar refractivity (Wildman–Crippen MR) is 110 cm³/mol. The van der Waals surface area contributed by atoms with Crippen LogP contribution in [0.4, 0.5) is 0 Å². The van der Waals surface area contributed by atoms with Gasteiger partial charge in [-0.15, -0.1) is 0 Å². The van der Waals surface area contributed by atoms with Crippen molar-refractivity contribution in [2.75, 3.05) is 13.7 Å². The minimum atomic E-state index is -0.744. The lowest BCUT2D eigenvalue weighted by molar-refractivity contribution is -0.114. The molecule has 0 bridgehead atoms. The molecule has 158 valence electrons. The number of nitrogens with two attached hydrogens (primary N) is 2. The van der Waals surface area contributed by atoms with Crippen molar-refractivity contribution in [3.05, 3.63) is 63.8 Å². The van der Waals surface area contributed by atoms with E-state index in [1.54, 1.807) is 32.9 Å². The first-order chi connectivity index (χ1) is 14.2. The van der Waals surface area contributed by atoms with Crippen LogP contribution >= 0.6 is 0 Å². The first-order valence-corrected chi connectivity index (χ1v) is 9.32. The highest BCUT2D eigenvalue weighted by atomic mass is 16.6. The molecule has 30 heavy (non-hydrogen) atoms. The van der Waals surface area contributed by atoms with E-state index in [0.29, 0.717) is 33.9 Å². The topological polar surface area (TPSA) is 140 Å². The minimum Gasteiger partial charge on any atom is -0.496 e. The Labute approximate surface area is 173 Å². The molecular formula is C21H24N4O5. The number of benzene rings is 1. The van der Waals surface area contributed by atoms with Crippen LogP contribution in [0.5, 0.6) is 5.75 Å². The highest BCUT2D eigenvalue weighted by Gasteiger charge is 2.40. The number of nitrogens with zero attached hydrogens (tertiary/aromatic N) is 2. The van der Waals surface area contributed by atoms with Crippen LogP contribution in [-0.4, -0.2) is 41.5 Å². The quantitative estimate of drug-likeness (QED) is 0.652. The van der Waals surface area contributed by atoms with Gasteiger partial charge >= 0.3 is 0 Å². The van der Waals surface area contributed by atoms with Gasteiger partial charge in [0.05, 0.1) is 36.5 Å². The lowest BCUT2D eigenvalue weighted by Crippen LogP contribution is -2.34. The number of hydroxylamine groups is 2. The summed E-state index contributed by atoms with van der Waals surface area (Å²) in [6, 6.07) is 4.69. The lowest BCUT2D eigenvalue weighted by Gasteiger charge is -2.35. The van der Waals surface area contributed by atoms with Gasteiger partial charge in [-0.1, -0.05) is 6.07 Å². The fourth-order valence-corrected chi connectivity index (χ4v) is 3.75. The Balaban J connectivity index is 2.37. The van der Waals surface area contributed by atoms with E-state index in [4.69, 9.17) is 20.9 Å². The summed E-state index contributed by atoms with van der Waals surface area (Å²) in [4.78, 5) is 28.6. The summed E-state index contributed by atoms with van der Waals surface area (Å²) in [7, 11) is 1.45. The molecule has 2 aliphatic rings. The van der Waals surface area contributed by atoms with Crippen LogP contribution in [0, 0.1) is 0 Å². The van der Waals surface area contributed by atoms with Crippen molar-refractivity contribution in [2.45, 2.75) is 26.7 Å². The summed E-state index contributed by atoms with van der Waals surface area (Å²) in [6.07, 6.45) is 1.49. The van der Waals surface area contributed by atoms with Crippen LogP contribution in [0.15, 0.2) is 57.7 Å². The number of hydrogen-bond acceptors (Lipinski definition) is 7. The molecule has 9 heteroatoms. The van der Waals surface area contributed by atoms with E-state index in [2.05, 4.69) is 4.99 Å². The predicted octanol–water partition coefficient (Wildman–Crippen LogP) is 1.95. The summed E-state index contributed by atoms with van der Waals surface area (Å²) >= 11 is 0. The average molecular weight is 412 g/mol. The third-order valence-corrected chi connectivity index (χ3v) is 5.01. The molecule has 0 unspecified atom stereocenters. The summed E-state index contributed by atoms with van der Waals surface area (Å²) in [6.45, 7) is 5.53. The highest BCUT2D eigenvalue weighted by molar-refractivity contribution is 6.17. The van der Waals surface area contributed by atoms with Gasteiger partial charge in [-0.3, -0.25) is 19.8 Å². The Morgan fingerprint density at radius 1 is 1.23 bits per heavy atom. The number of aliphatic imine (C=N–C) groups is 1. The van der Waals surface area contributed by atoms with Gasteiger partial charge in [-0.2, -0.15) is 5.06 Å². The van der Waals surface area contributed by atoms with Crippen LogP contribution in [0.1, 0.15) is 42.6 Å². The maximum Gasteiger partial charge on any atom is 0.248 e. The summed E-state index contributed by atoms with van der Waals surface area (Å²) in [5.74, 6) is -1.55. The molecule has 2 heterocycles. The molecule has 0 saturated carbocycles. The molecule has 0 fully saturated rings. The van der Waals surface area contributed by atoms with E-state index in [0.717, 1.165) is 5.06 Å². The second-order valence-corrected chi connectivity index (χ2v) is 6.89. The number of primary amides is 2. The average Bonchev–Trinajstić information content (AvgIpc) is 2.69. The van der Waals surface area contributed by atoms with Gasteiger partial charge in [0.2, 0.25) is 17.7 Å². The number of methoxy groups -OCH3 is 1. The van der Waals surface area contributed by atoms with E-state index in [-0.39, 0.29) is 23.6 Å². The summed E-state index contributed by atoms with van der Waals surface area (Å²) in [5.41, 5.74) is 14.3. The first kappa shape index (κ1) is 21.1. The summed E-state index contributed by atoms with van der Waals surface area (Å²) in [5, 5.41) is 11.4.